The monoisotopic (exact) mass is 336 g/mol. The van der Waals surface area contributed by atoms with Crippen LogP contribution in [-0.2, 0) is 14.4 Å². The van der Waals surface area contributed by atoms with Gasteiger partial charge >= 0.3 is 0 Å². The van der Waals surface area contributed by atoms with Crippen LogP contribution in [-0.4, -0.2) is 24.0 Å². The van der Waals surface area contributed by atoms with Gasteiger partial charge in [-0.25, -0.2) is 9.96 Å². The van der Waals surface area contributed by atoms with Crippen molar-refractivity contribution in [3.8, 4) is 0 Å². The summed E-state index contributed by atoms with van der Waals surface area (Å²) in [5.74, 6) is -0.910. The maximum absolute atomic E-state index is 13.1. The number of rotatable bonds is 4. The van der Waals surface area contributed by atoms with E-state index in [0.717, 1.165) is 18.5 Å². The SMILES string of the molecule is CCC[C@H]1[C@H]2C(=O)N(c3ccccc3)C(=O)[C@@H]2ON1c1ccccc1. The van der Waals surface area contributed by atoms with E-state index in [-0.39, 0.29) is 17.9 Å². The number of fused-ring (bicyclic) bond motifs is 1. The summed E-state index contributed by atoms with van der Waals surface area (Å²) in [6.07, 6.45) is 0.954. The molecule has 0 aliphatic carbocycles. The summed E-state index contributed by atoms with van der Waals surface area (Å²) in [5.41, 5.74) is 1.49. The number of carbonyl (C=O) groups excluding carboxylic acids is 2. The molecule has 0 saturated carbocycles. The van der Waals surface area contributed by atoms with Crippen molar-refractivity contribution in [3.05, 3.63) is 60.7 Å². The zero-order valence-corrected chi connectivity index (χ0v) is 14.0. The average molecular weight is 336 g/mol. The third-order valence-corrected chi connectivity index (χ3v) is 4.85. The maximum Gasteiger partial charge on any atom is 0.266 e. The van der Waals surface area contributed by atoms with E-state index in [1.54, 1.807) is 17.2 Å². The fourth-order valence-corrected chi connectivity index (χ4v) is 3.74. The Morgan fingerprint density at radius 3 is 2.08 bits per heavy atom. The highest BCUT2D eigenvalue weighted by atomic mass is 16.7. The fraction of sp³-hybridized carbons (Fsp3) is 0.300. The predicted octanol–water partition coefficient (Wildman–Crippen LogP) is 3.17. The zero-order chi connectivity index (χ0) is 17.4. The van der Waals surface area contributed by atoms with Crippen molar-refractivity contribution in [2.24, 2.45) is 5.92 Å². The van der Waals surface area contributed by atoms with Crippen LogP contribution in [0.15, 0.2) is 60.7 Å². The van der Waals surface area contributed by atoms with E-state index in [9.17, 15) is 9.59 Å². The molecule has 2 aromatic rings. The van der Waals surface area contributed by atoms with Gasteiger partial charge in [0.15, 0.2) is 6.10 Å². The first-order valence-corrected chi connectivity index (χ1v) is 8.66. The smallest absolute Gasteiger partial charge is 0.266 e. The molecule has 0 spiro atoms. The van der Waals surface area contributed by atoms with Crippen molar-refractivity contribution in [3.63, 3.8) is 0 Å². The second-order valence-corrected chi connectivity index (χ2v) is 6.42. The summed E-state index contributed by atoms with van der Waals surface area (Å²) in [6, 6.07) is 18.6. The van der Waals surface area contributed by atoms with Gasteiger partial charge in [-0.15, -0.1) is 0 Å². The quantitative estimate of drug-likeness (QED) is 0.805. The number of carbonyl (C=O) groups is 2. The largest absolute Gasteiger partial charge is 0.273 e. The van der Waals surface area contributed by atoms with Crippen LogP contribution in [0.1, 0.15) is 19.8 Å². The standard InChI is InChI=1S/C20H20N2O3/c1-2-9-16-17-18(25-22(16)15-12-7-4-8-13-15)20(24)21(19(17)23)14-10-5-3-6-11-14/h3-8,10-13,16-18H,2,9H2,1H3/t16-,17+,18+/m0/s1. The van der Waals surface area contributed by atoms with Crippen LogP contribution in [0.4, 0.5) is 11.4 Å². The number of amides is 2. The molecule has 2 aliphatic rings. The highest BCUT2D eigenvalue weighted by Crippen LogP contribution is 2.41. The van der Waals surface area contributed by atoms with E-state index in [1.807, 2.05) is 48.5 Å². The predicted molar refractivity (Wildman–Crippen MR) is 94.9 cm³/mol. The number of hydroxylamine groups is 1. The van der Waals surface area contributed by atoms with Crippen LogP contribution in [0.2, 0.25) is 0 Å². The second-order valence-electron chi connectivity index (χ2n) is 6.42. The number of anilines is 2. The minimum Gasteiger partial charge on any atom is -0.273 e. The van der Waals surface area contributed by atoms with Crippen molar-refractivity contribution in [2.45, 2.75) is 31.9 Å². The lowest BCUT2D eigenvalue weighted by molar-refractivity contribution is -0.126. The van der Waals surface area contributed by atoms with Crippen molar-refractivity contribution in [1.82, 2.24) is 0 Å². The van der Waals surface area contributed by atoms with Gasteiger partial charge in [-0.1, -0.05) is 49.7 Å². The highest BCUT2D eigenvalue weighted by Gasteiger charge is 2.59. The van der Waals surface area contributed by atoms with Gasteiger partial charge in [-0.3, -0.25) is 14.4 Å². The number of benzene rings is 2. The lowest BCUT2D eigenvalue weighted by Crippen LogP contribution is -2.40. The molecule has 2 amide bonds. The van der Waals surface area contributed by atoms with Crippen LogP contribution in [0.25, 0.3) is 0 Å². The van der Waals surface area contributed by atoms with Gasteiger partial charge in [-0.2, -0.15) is 0 Å². The Morgan fingerprint density at radius 1 is 0.880 bits per heavy atom. The molecule has 128 valence electrons. The summed E-state index contributed by atoms with van der Waals surface area (Å²) in [5, 5.41) is 1.76. The van der Waals surface area contributed by atoms with E-state index >= 15 is 0 Å². The zero-order valence-electron chi connectivity index (χ0n) is 14.0. The first kappa shape index (κ1) is 15.8. The Hall–Kier alpha value is -2.66. The normalized spacial score (nSPS) is 25.6. The molecule has 0 N–H and O–H groups in total. The number of nitrogens with zero attached hydrogens (tertiary/aromatic N) is 2. The Morgan fingerprint density at radius 2 is 1.48 bits per heavy atom. The average Bonchev–Trinajstić information content (AvgIpc) is 3.13. The molecule has 0 bridgehead atoms. The Labute approximate surface area is 146 Å². The highest BCUT2D eigenvalue weighted by molar-refractivity contribution is 6.23. The van der Waals surface area contributed by atoms with Crippen molar-refractivity contribution in [2.75, 3.05) is 9.96 Å². The molecule has 2 heterocycles. The summed E-state index contributed by atoms with van der Waals surface area (Å²) in [6.45, 7) is 2.08. The van der Waals surface area contributed by atoms with E-state index in [2.05, 4.69) is 6.92 Å². The third kappa shape index (κ3) is 2.51. The minimum absolute atomic E-state index is 0.137. The Balaban J connectivity index is 1.68. The van der Waals surface area contributed by atoms with Crippen molar-refractivity contribution in [1.29, 1.82) is 0 Å². The molecule has 25 heavy (non-hydrogen) atoms. The Kier molecular flexibility index (Phi) is 4.01. The third-order valence-electron chi connectivity index (χ3n) is 4.85. The molecule has 2 fully saturated rings. The number of para-hydroxylation sites is 2. The van der Waals surface area contributed by atoms with Crippen molar-refractivity contribution >= 4 is 23.2 Å². The fourth-order valence-electron chi connectivity index (χ4n) is 3.74. The van der Waals surface area contributed by atoms with Crippen LogP contribution in [0, 0.1) is 5.92 Å². The number of imide groups is 1. The van der Waals surface area contributed by atoms with Gasteiger partial charge in [-0.05, 0) is 30.7 Å². The molecule has 0 unspecified atom stereocenters. The minimum atomic E-state index is -0.746. The van der Waals surface area contributed by atoms with Crippen LogP contribution in [0.3, 0.4) is 0 Å². The van der Waals surface area contributed by atoms with Crippen LogP contribution in [0.5, 0.6) is 0 Å². The lowest BCUT2D eigenvalue weighted by atomic mass is 9.93. The molecule has 2 saturated heterocycles. The summed E-state index contributed by atoms with van der Waals surface area (Å²) < 4.78 is 0. The molecule has 4 rings (SSSR count). The summed E-state index contributed by atoms with van der Waals surface area (Å²) in [7, 11) is 0. The number of hydrogen-bond donors (Lipinski definition) is 0. The molecular weight excluding hydrogens is 316 g/mol. The van der Waals surface area contributed by atoms with E-state index in [0.29, 0.717) is 5.69 Å². The molecule has 3 atom stereocenters. The molecule has 2 aromatic carbocycles. The Bertz CT molecular complexity index is 778. The topological polar surface area (TPSA) is 49.9 Å². The van der Waals surface area contributed by atoms with Gasteiger partial charge in [0.2, 0.25) is 5.91 Å². The van der Waals surface area contributed by atoms with E-state index < -0.39 is 12.0 Å². The molecule has 2 aliphatic heterocycles. The van der Waals surface area contributed by atoms with Gasteiger partial charge in [0, 0.05) is 0 Å². The molecular formula is C20H20N2O3. The maximum atomic E-state index is 13.1. The second kappa shape index (κ2) is 6.33. The molecule has 5 heteroatoms. The van der Waals surface area contributed by atoms with Gasteiger partial charge < -0.3 is 0 Å². The van der Waals surface area contributed by atoms with Crippen molar-refractivity contribution < 1.29 is 14.4 Å². The molecule has 0 radical (unpaired) electrons. The summed E-state index contributed by atoms with van der Waals surface area (Å²) in [4.78, 5) is 33.2. The summed E-state index contributed by atoms with van der Waals surface area (Å²) >= 11 is 0. The first-order valence-electron chi connectivity index (χ1n) is 8.66. The number of hydrogen-bond acceptors (Lipinski definition) is 4. The van der Waals surface area contributed by atoms with Gasteiger partial charge in [0.25, 0.3) is 5.91 Å². The van der Waals surface area contributed by atoms with Gasteiger partial charge in [0.05, 0.1) is 23.3 Å². The van der Waals surface area contributed by atoms with Crippen LogP contribution < -0.4 is 9.96 Å². The van der Waals surface area contributed by atoms with E-state index in [1.165, 1.54) is 4.90 Å². The lowest BCUT2D eigenvalue weighted by Gasteiger charge is -2.28. The van der Waals surface area contributed by atoms with E-state index in [4.69, 9.17) is 4.84 Å². The molecule has 0 aromatic heterocycles. The van der Waals surface area contributed by atoms with Gasteiger partial charge in [0.1, 0.15) is 0 Å². The molecule has 5 nitrogen and oxygen atoms in total. The first-order chi connectivity index (χ1) is 12.2. The van der Waals surface area contributed by atoms with Crippen LogP contribution >= 0.6 is 0 Å².